The van der Waals surface area contributed by atoms with Gasteiger partial charge in [-0.25, -0.2) is 12.8 Å². The maximum atomic E-state index is 13.9. The Morgan fingerprint density at radius 3 is 2.76 bits per heavy atom. The van der Waals surface area contributed by atoms with Gasteiger partial charge < -0.3 is 5.32 Å². The van der Waals surface area contributed by atoms with Gasteiger partial charge in [-0.3, -0.25) is 4.79 Å². The Labute approximate surface area is 162 Å². The van der Waals surface area contributed by atoms with Gasteiger partial charge in [-0.1, -0.05) is 22.0 Å². The lowest BCUT2D eigenvalue weighted by Gasteiger charge is -2.18. The maximum Gasteiger partial charge on any atom is 0.250 e. The molecule has 2 aromatic rings. The molecule has 5 nitrogen and oxygen atoms in total. The third-order valence-electron chi connectivity index (χ3n) is 3.17. The van der Waals surface area contributed by atoms with E-state index < -0.39 is 27.8 Å². The number of hydrogen-bond donors (Lipinski definition) is 2. The second-order valence-electron chi connectivity index (χ2n) is 5.00. The van der Waals surface area contributed by atoms with Crippen LogP contribution in [0.3, 0.4) is 0 Å². The molecular weight excluding hydrogens is 451 g/mol. The zero-order chi connectivity index (χ0) is 18.4. The van der Waals surface area contributed by atoms with E-state index in [0.717, 1.165) is 11.3 Å². The first-order valence-electron chi connectivity index (χ1n) is 7.14. The fourth-order valence-electron chi connectivity index (χ4n) is 1.95. The molecule has 25 heavy (non-hydrogen) atoms. The van der Waals surface area contributed by atoms with E-state index in [-0.39, 0.29) is 16.3 Å². The van der Waals surface area contributed by atoms with Gasteiger partial charge in [0, 0.05) is 4.47 Å². The molecule has 2 N–H and O–H groups in total. The van der Waals surface area contributed by atoms with Crippen LogP contribution < -0.4 is 10.0 Å². The Balaban J connectivity index is 2.17. The highest BCUT2D eigenvalue weighted by atomic mass is 79.9. The fourth-order valence-corrected chi connectivity index (χ4v) is 5.00. The molecule has 0 saturated carbocycles. The lowest BCUT2D eigenvalue weighted by Crippen LogP contribution is -2.44. The van der Waals surface area contributed by atoms with Crippen molar-refractivity contribution >= 4 is 60.6 Å². The van der Waals surface area contributed by atoms with Crippen LogP contribution in [0, 0.1) is 5.82 Å². The quantitative estimate of drug-likeness (QED) is 0.621. The van der Waals surface area contributed by atoms with Crippen molar-refractivity contribution in [1.82, 2.24) is 4.72 Å². The summed E-state index contributed by atoms with van der Waals surface area (Å²) in [7, 11) is -3.80. The first kappa shape index (κ1) is 20.4. The minimum atomic E-state index is -3.80. The summed E-state index contributed by atoms with van der Waals surface area (Å²) in [6.07, 6.45) is 2.15. The molecule has 0 aliphatic carbocycles. The predicted molar refractivity (Wildman–Crippen MR) is 104 cm³/mol. The smallest absolute Gasteiger partial charge is 0.250 e. The van der Waals surface area contributed by atoms with Gasteiger partial charge in [0.15, 0.2) is 0 Å². The number of anilines is 1. The van der Waals surface area contributed by atoms with Crippen LogP contribution in [0.1, 0.15) is 6.42 Å². The molecule has 10 heteroatoms. The molecule has 1 aromatic heterocycles. The van der Waals surface area contributed by atoms with Crippen molar-refractivity contribution in [3.63, 3.8) is 0 Å². The van der Waals surface area contributed by atoms with Crippen LogP contribution in [0.5, 0.6) is 0 Å². The van der Waals surface area contributed by atoms with Crippen molar-refractivity contribution in [3.8, 4) is 0 Å². The number of halogens is 2. The van der Waals surface area contributed by atoms with Crippen LogP contribution in [-0.4, -0.2) is 32.4 Å². The Morgan fingerprint density at radius 1 is 1.40 bits per heavy atom. The van der Waals surface area contributed by atoms with Crippen molar-refractivity contribution in [2.45, 2.75) is 16.7 Å². The summed E-state index contributed by atoms with van der Waals surface area (Å²) in [4.78, 5) is 12.5. The van der Waals surface area contributed by atoms with Crippen LogP contribution in [-0.2, 0) is 14.8 Å². The van der Waals surface area contributed by atoms with Crippen LogP contribution in [0.4, 0.5) is 10.1 Å². The zero-order valence-corrected chi connectivity index (χ0v) is 17.2. The average Bonchev–Trinajstić information content (AvgIpc) is 3.09. The largest absolute Gasteiger partial charge is 0.322 e. The van der Waals surface area contributed by atoms with E-state index in [4.69, 9.17) is 0 Å². The molecule has 0 aliphatic heterocycles. The molecule has 136 valence electrons. The van der Waals surface area contributed by atoms with Gasteiger partial charge in [0.05, 0.1) is 5.69 Å². The molecule has 0 radical (unpaired) electrons. The Bertz CT molecular complexity index is 829. The highest BCUT2D eigenvalue weighted by Crippen LogP contribution is 2.21. The normalized spacial score (nSPS) is 12.8. The number of benzene rings is 1. The number of thiophene rings is 1. The summed E-state index contributed by atoms with van der Waals surface area (Å²) >= 11 is 5.69. The van der Waals surface area contributed by atoms with Crippen molar-refractivity contribution in [2.75, 3.05) is 17.3 Å². The molecule has 1 heterocycles. The lowest BCUT2D eigenvalue weighted by atomic mass is 10.2. The van der Waals surface area contributed by atoms with Crippen LogP contribution in [0.2, 0.25) is 0 Å². The second-order valence-corrected chi connectivity index (χ2v) is 9.79. The number of sulfonamides is 1. The van der Waals surface area contributed by atoms with E-state index >= 15 is 0 Å². The van der Waals surface area contributed by atoms with Crippen LogP contribution in [0.15, 0.2) is 44.4 Å². The lowest BCUT2D eigenvalue weighted by molar-refractivity contribution is -0.117. The summed E-state index contributed by atoms with van der Waals surface area (Å²) in [5.41, 5.74) is -0.00215. The number of amides is 1. The number of rotatable bonds is 8. The van der Waals surface area contributed by atoms with Crippen LogP contribution in [0.25, 0.3) is 0 Å². The number of hydrogen-bond acceptors (Lipinski definition) is 5. The summed E-state index contributed by atoms with van der Waals surface area (Å²) in [5.74, 6) is -0.628. The van der Waals surface area contributed by atoms with Gasteiger partial charge >= 0.3 is 0 Å². The van der Waals surface area contributed by atoms with Crippen molar-refractivity contribution in [2.24, 2.45) is 0 Å². The highest BCUT2D eigenvalue weighted by Gasteiger charge is 2.26. The predicted octanol–water partition coefficient (Wildman–Crippen LogP) is 3.69. The molecule has 1 amide bonds. The standard InChI is InChI=1S/C15H16BrFN2O3S3/c1-23-8-6-13(19-25(21,22)14-3-2-7-24-14)15(20)18-12-5-4-10(16)9-11(12)17/h2-5,7,9,13,19H,6,8H2,1H3,(H,18,20). The van der Waals surface area contributed by atoms with Gasteiger partial charge in [0.2, 0.25) is 5.91 Å². The first-order chi connectivity index (χ1) is 11.8. The average molecular weight is 467 g/mol. The van der Waals surface area contributed by atoms with E-state index in [2.05, 4.69) is 26.0 Å². The molecule has 0 fully saturated rings. The number of thioether (sulfide) groups is 1. The number of nitrogens with one attached hydrogen (secondary N) is 2. The maximum absolute atomic E-state index is 13.9. The van der Waals surface area contributed by atoms with E-state index in [1.807, 2.05) is 6.26 Å². The third kappa shape index (κ3) is 5.78. The zero-order valence-electron chi connectivity index (χ0n) is 13.2. The molecule has 2 rings (SSSR count). The second kappa shape index (κ2) is 9.13. The minimum Gasteiger partial charge on any atom is -0.322 e. The molecule has 0 bridgehead atoms. The third-order valence-corrected chi connectivity index (χ3v) is 7.18. The van der Waals surface area contributed by atoms with E-state index in [1.54, 1.807) is 17.5 Å². The Hall–Kier alpha value is -0.940. The number of carbonyl (C=O) groups excluding carboxylic acids is 1. The van der Waals surface area contributed by atoms with Crippen LogP contribution >= 0.6 is 39.0 Å². The summed E-state index contributed by atoms with van der Waals surface area (Å²) < 4.78 is 41.7. The fraction of sp³-hybridized carbons (Fsp3) is 0.267. The minimum absolute atomic E-state index is 0.00215. The van der Waals surface area contributed by atoms with Crippen molar-refractivity contribution in [3.05, 3.63) is 46.0 Å². The molecule has 0 aliphatic rings. The number of carbonyl (C=O) groups is 1. The van der Waals surface area contributed by atoms with Crippen molar-refractivity contribution < 1.29 is 17.6 Å². The van der Waals surface area contributed by atoms with Gasteiger partial charge in [-0.2, -0.15) is 16.5 Å². The van der Waals surface area contributed by atoms with Crippen molar-refractivity contribution in [1.29, 1.82) is 0 Å². The van der Waals surface area contributed by atoms with Gasteiger partial charge in [0.25, 0.3) is 10.0 Å². The first-order valence-corrected chi connectivity index (χ1v) is 11.7. The molecule has 1 atom stereocenters. The highest BCUT2D eigenvalue weighted by molar-refractivity contribution is 9.10. The molecule has 0 spiro atoms. The Kier molecular flexibility index (Phi) is 7.44. The van der Waals surface area contributed by atoms with Gasteiger partial charge in [-0.15, -0.1) is 11.3 Å². The Morgan fingerprint density at radius 2 is 2.16 bits per heavy atom. The summed E-state index contributed by atoms with van der Waals surface area (Å²) in [6.45, 7) is 0. The molecule has 1 aromatic carbocycles. The summed E-state index contributed by atoms with van der Waals surface area (Å²) in [6, 6.07) is 6.31. The molecule has 0 saturated heterocycles. The summed E-state index contributed by atoms with van der Waals surface area (Å²) in [5, 5.41) is 4.09. The van der Waals surface area contributed by atoms with E-state index in [9.17, 15) is 17.6 Å². The van der Waals surface area contributed by atoms with E-state index in [1.165, 1.54) is 30.0 Å². The SMILES string of the molecule is CSCCC(NS(=O)(=O)c1cccs1)C(=O)Nc1ccc(Br)cc1F. The van der Waals surface area contributed by atoms with E-state index in [0.29, 0.717) is 10.2 Å². The monoisotopic (exact) mass is 466 g/mol. The van der Waals surface area contributed by atoms with Gasteiger partial charge in [0.1, 0.15) is 16.1 Å². The topological polar surface area (TPSA) is 75.3 Å². The van der Waals surface area contributed by atoms with Gasteiger partial charge in [-0.05, 0) is 48.1 Å². The molecular formula is C15H16BrFN2O3S3. The molecule has 1 unspecified atom stereocenters.